The van der Waals surface area contributed by atoms with Gasteiger partial charge in [0.25, 0.3) is 0 Å². The Balaban J connectivity index is 1.72. The molecule has 9 heteroatoms. The number of carboxylic acids is 1. The van der Waals surface area contributed by atoms with E-state index in [0.29, 0.717) is 30.5 Å². The highest BCUT2D eigenvalue weighted by atomic mass is 35.5. The molecule has 0 unspecified atom stereocenters. The minimum absolute atomic E-state index is 0.163. The van der Waals surface area contributed by atoms with Gasteiger partial charge in [0.2, 0.25) is 5.91 Å². The van der Waals surface area contributed by atoms with Crippen LogP contribution in [0.3, 0.4) is 0 Å². The first-order chi connectivity index (χ1) is 13.5. The molecule has 1 aliphatic rings. The molecule has 0 radical (unpaired) electrons. The fourth-order valence-electron chi connectivity index (χ4n) is 3.37. The molecule has 1 aliphatic heterocycles. The number of nitrogens with zero attached hydrogens (tertiary/aromatic N) is 5. The quantitative estimate of drug-likeness (QED) is 0.723. The van der Waals surface area contributed by atoms with Crippen LogP contribution in [0.5, 0.6) is 0 Å². The number of anilines is 1. The third-order valence-electron chi connectivity index (χ3n) is 4.76. The third-order valence-corrected chi connectivity index (χ3v) is 4.99. The number of rotatable bonds is 4. The minimum atomic E-state index is -1.01. The van der Waals surface area contributed by atoms with Gasteiger partial charge in [0, 0.05) is 54.9 Å². The maximum atomic E-state index is 12.2. The van der Waals surface area contributed by atoms with Crippen molar-refractivity contribution in [1.29, 1.82) is 0 Å². The number of benzene rings is 1. The monoisotopic (exact) mass is 399 g/mol. The van der Waals surface area contributed by atoms with Crippen molar-refractivity contribution in [3.8, 4) is 5.69 Å². The van der Waals surface area contributed by atoms with Crippen molar-refractivity contribution in [2.24, 2.45) is 0 Å². The molecule has 4 rings (SSSR count). The number of fused-ring (bicyclic) bond motifs is 1. The smallest absolute Gasteiger partial charge is 0.323 e. The molecule has 1 aromatic carbocycles. The van der Waals surface area contributed by atoms with Crippen LogP contribution in [0.2, 0.25) is 5.02 Å². The third kappa shape index (κ3) is 3.63. The summed E-state index contributed by atoms with van der Waals surface area (Å²) in [7, 11) is 0. The molecule has 0 atom stereocenters. The first-order valence-corrected chi connectivity index (χ1v) is 9.22. The standard InChI is InChI=1S/C19H18ClN5O3/c20-13-1-2-14-15(9-13)22-17(10-16(14)25-6-4-21-12-25)23-5-3-18(26)24(8-7-23)11-19(27)28/h1-2,4,6,9-10,12H,3,5,7-8,11H2,(H,27,28). The number of aromatic nitrogens is 3. The fourth-order valence-corrected chi connectivity index (χ4v) is 3.54. The average molecular weight is 400 g/mol. The Kier molecular flexibility index (Phi) is 4.87. The molecule has 28 heavy (non-hydrogen) atoms. The van der Waals surface area contributed by atoms with Gasteiger partial charge < -0.3 is 19.5 Å². The van der Waals surface area contributed by atoms with E-state index in [1.165, 1.54) is 4.90 Å². The van der Waals surface area contributed by atoms with E-state index in [2.05, 4.69) is 4.98 Å². The zero-order valence-corrected chi connectivity index (χ0v) is 15.7. The SMILES string of the molecule is O=C(O)CN1CCN(c2cc(-n3ccnc3)c3ccc(Cl)cc3n2)CCC1=O. The summed E-state index contributed by atoms with van der Waals surface area (Å²) in [5, 5.41) is 10.5. The van der Waals surface area contributed by atoms with Crippen molar-refractivity contribution in [2.75, 3.05) is 31.1 Å². The summed E-state index contributed by atoms with van der Waals surface area (Å²) in [4.78, 5) is 35.5. The predicted molar refractivity (Wildman–Crippen MR) is 105 cm³/mol. The van der Waals surface area contributed by atoms with E-state index in [9.17, 15) is 9.59 Å². The van der Waals surface area contributed by atoms with E-state index in [1.54, 1.807) is 18.6 Å². The van der Waals surface area contributed by atoms with Crippen LogP contribution >= 0.6 is 11.6 Å². The lowest BCUT2D eigenvalue weighted by molar-refractivity contribution is -0.144. The molecule has 0 saturated carbocycles. The minimum Gasteiger partial charge on any atom is -0.480 e. The fraction of sp³-hybridized carbons (Fsp3) is 0.263. The van der Waals surface area contributed by atoms with Gasteiger partial charge in [0.15, 0.2) is 0 Å². The summed E-state index contributed by atoms with van der Waals surface area (Å²) in [5.74, 6) is -0.463. The van der Waals surface area contributed by atoms with Crippen molar-refractivity contribution < 1.29 is 14.7 Å². The number of aliphatic carboxylic acids is 1. The van der Waals surface area contributed by atoms with Gasteiger partial charge in [-0.1, -0.05) is 11.6 Å². The zero-order chi connectivity index (χ0) is 19.7. The molecule has 0 aliphatic carbocycles. The summed E-state index contributed by atoms with van der Waals surface area (Å²) < 4.78 is 1.90. The Morgan fingerprint density at radius 1 is 1.21 bits per heavy atom. The maximum Gasteiger partial charge on any atom is 0.323 e. The number of carbonyl (C=O) groups excluding carboxylic acids is 1. The van der Waals surface area contributed by atoms with Crippen LogP contribution in [0, 0.1) is 0 Å². The summed E-state index contributed by atoms with van der Waals surface area (Å²) in [5.41, 5.74) is 1.65. The van der Waals surface area contributed by atoms with Crippen molar-refractivity contribution in [2.45, 2.75) is 6.42 Å². The molecule has 8 nitrogen and oxygen atoms in total. The van der Waals surface area contributed by atoms with Crippen LogP contribution in [0.15, 0.2) is 43.0 Å². The van der Waals surface area contributed by atoms with Crippen LogP contribution in [-0.2, 0) is 9.59 Å². The molecule has 1 saturated heterocycles. The van der Waals surface area contributed by atoms with Gasteiger partial charge in [-0.3, -0.25) is 9.59 Å². The molecular formula is C19H18ClN5O3. The molecule has 1 fully saturated rings. The Morgan fingerprint density at radius 2 is 2.07 bits per heavy atom. The van der Waals surface area contributed by atoms with E-state index in [1.807, 2.05) is 33.9 Å². The van der Waals surface area contributed by atoms with Crippen LogP contribution in [0.1, 0.15) is 6.42 Å². The van der Waals surface area contributed by atoms with Gasteiger partial charge in [0.1, 0.15) is 12.4 Å². The maximum absolute atomic E-state index is 12.2. The van der Waals surface area contributed by atoms with Crippen LogP contribution in [0.25, 0.3) is 16.6 Å². The van der Waals surface area contributed by atoms with Gasteiger partial charge >= 0.3 is 5.97 Å². The number of amides is 1. The average Bonchev–Trinajstić information content (AvgIpc) is 3.13. The molecule has 3 aromatic rings. The lowest BCUT2D eigenvalue weighted by Gasteiger charge is -2.23. The van der Waals surface area contributed by atoms with Crippen molar-refractivity contribution >= 4 is 40.2 Å². The van der Waals surface area contributed by atoms with Gasteiger partial charge in [-0.05, 0) is 18.2 Å². The first-order valence-electron chi connectivity index (χ1n) is 8.84. The number of imidazole rings is 1. The van der Waals surface area contributed by atoms with Crippen molar-refractivity contribution in [1.82, 2.24) is 19.4 Å². The molecular weight excluding hydrogens is 382 g/mol. The van der Waals surface area contributed by atoms with Crippen molar-refractivity contribution in [3.63, 3.8) is 0 Å². The topological polar surface area (TPSA) is 91.6 Å². The number of pyridine rings is 1. The number of hydrogen-bond donors (Lipinski definition) is 1. The van der Waals surface area contributed by atoms with E-state index in [4.69, 9.17) is 21.7 Å². The van der Waals surface area contributed by atoms with Crippen LogP contribution < -0.4 is 4.90 Å². The highest BCUT2D eigenvalue weighted by molar-refractivity contribution is 6.31. The van der Waals surface area contributed by atoms with Gasteiger partial charge in [0.05, 0.1) is 17.5 Å². The van der Waals surface area contributed by atoms with Gasteiger partial charge in [-0.25, -0.2) is 9.97 Å². The van der Waals surface area contributed by atoms with Crippen molar-refractivity contribution in [3.05, 3.63) is 48.0 Å². The molecule has 1 N–H and O–H groups in total. The highest BCUT2D eigenvalue weighted by Gasteiger charge is 2.24. The van der Waals surface area contributed by atoms with E-state index in [0.717, 1.165) is 16.6 Å². The second-order valence-corrected chi connectivity index (χ2v) is 7.01. The lowest BCUT2D eigenvalue weighted by Crippen LogP contribution is -2.37. The summed E-state index contributed by atoms with van der Waals surface area (Å²) in [6, 6.07) is 7.50. The second kappa shape index (κ2) is 7.47. The summed E-state index contributed by atoms with van der Waals surface area (Å²) in [6.07, 6.45) is 5.51. The number of hydrogen-bond acceptors (Lipinski definition) is 5. The Bertz CT molecular complexity index is 1040. The molecule has 0 bridgehead atoms. The van der Waals surface area contributed by atoms with Gasteiger partial charge in [-0.15, -0.1) is 0 Å². The molecule has 1 amide bonds. The Hall–Kier alpha value is -3.13. The largest absolute Gasteiger partial charge is 0.480 e. The molecule has 3 heterocycles. The molecule has 144 valence electrons. The summed E-state index contributed by atoms with van der Waals surface area (Å²) in [6.45, 7) is 1.02. The highest BCUT2D eigenvalue weighted by Crippen LogP contribution is 2.28. The normalized spacial score (nSPS) is 15.1. The zero-order valence-electron chi connectivity index (χ0n) is 15.0. The number of carboxylic acid groups (broad SMARTS) is 1. The van der Waals surface area contributed by atoms with Crippen LogP contribution in [-0.4, -0.2) is 62.6 Å². The van der Waals surface area contributed by atoms with Crippen LogP contribution in [0.4, 0.5) is 5.82 Å². The van der Waals surface area contributed by atoms with E-state index in [-0.39, 0.29) is 18.9 Å². The Morgan fingerprint density at radius 3 is 2.82 bits per heavy atom. The number of halogens is 1. The molecule has 2 aromatic heterocycles. The number of carbonyl (C=O) groups is 2. The lowest BCUT2D eigenvalue weighted by atomic mass is 10.1. The first kappa shape index (κ1) is 18.2. The van der Waals surface area contributed by atoms with E-state index < -0.39 is 5.97 Å². The van der Waals surface area contributed by atoms with Gasteiger partial charge in [-0.2, -0.15) is 0 Å². The predicted octanol–water partition coefficient (Wildman–Crippen LogP) is 2.20. The van der Waals surface area contributed by atoms with E-state index >= 15 is 0 Å². The second-order valence-electron chi connectivity index (χ2n) is 6.58. The molecule has 0 spiro atoms. The summed E-state index contributed by atoms with van der Waals surface area (Å²) >= 11 is 6.17. The Labute approximate surface area is 166 Å².